The summed E-state index contributed by atoms with van der Waals surface area (Å²) >= 11 is 0. The SMILES string of the molecule is CC1=C2N=C(c3ccc(F)cc3)C=C(N3CCC(C)C3)N2N=CCC1.CCC. The van der Waals surface area contributed by atoms with Crippen molar-refractivity contribution in [1.82, 2.24) is 9.91 Å². The lowest BCUT2D eigenvalue weighted by Gasteiger charge is -2.33. The molecule has 4 nitrogen and oxygen atoms in total. The van der Waals surface area contributed by atoms with Crippen LogP contribution >= 0.6 is 0 Å². The Morgan fingerprint density at radius 1 is 1.18 bits per heavy atom. The van der Waals surface area contributed by atoms with E-state index in [1.807, 2.05) is 11.2 Å². The van der Waals surface area contributed by atoms with Crippen molar-refractivity contribution in [1.29, 1.82) is 0 Å². The molecule has 3 aliphatic rings. The number of benzene rings is 1. The molecule has 1 aromatic carbocycles. The lowest BCUT2D eigenvalue weighted by atomic mass is 10.1. The third-order valence-corrected chi connectivity index (χ3v) is 5.02. The van der Waals surface area contributed by atoms with Crippen molar-refractivity contribution in [3.63, 3.8) is 0 Å². The maximum absolute atomic E-state index is 13.3. The fourth-order valence-corrected chi connectivity index (χ4v) is 3.54. The normalized spacial score (nSPS) is 21.5. The van der Waals surface area contributed by atoms with E-state index < -0.39 is 0 Å². The number of fused-ring (bicyclic) bond motifs is 1. The van der Waals surface area contributed by atoms with Gasteiger partial charge in [-0.2, -0.15) is 10.1 Å². The second-order valence-corrected chi connectivity index (χ2v) is 7.81. The number of hydrazone groups is 1. The average Bonchev–Trinajstić information content (AvgIpc) is 3.03. The van der Waals surface area contributed by atoms with Gasteiger partial charge in [0.15, 0.2) is 5.82 Å². The second kappa shape index (κ2) is 9.18. The van der Waals surface area contributed by atoms with Crippen LogP contribution in [0, 0.1) is 11.7 Å². The molecule has 3 heterocycles. The molecular weight excluding hydrogens is 351 g/mol. The van der Waals surface area contributed by atoms with Crippen LogP contribution in [-0.2, 0) is 0 Å². The Balaban J connectivity index is 0.000000706. The van der Waals surface area contributed by atoms with Gasteiger partial charge in [0.2, 0.25) is 0 Å². The molecule has 0 spiro atoms. The first-order valence-corrected chi connectivity index (χ1v) is 10.4. The van der Waals surface area contributed by atoms with Gasteiger partial charge < -0.3 is 4.90 Å². The fraction of sp³-hybridized carbons (Fsp3) is 0.478. The summed E-state index contributed by atoms with van der Waals surface area (Å²) in [6, 6.07) is 6.56. The van der Waals surface area contributed by atoms with E-state index in [1.54, 1.807) is 12.1 Å². The number of likely N-dealkylation sites (tertiary alicyclic amines) is 1. The van der Waals surface area contributed by atoms with Gasteiger partial charge in [-0.3, -0.25) is 0 Å². The minimum Gasteiger partial charge on any atom is -0.356 e. The van der Waals surface area contributed by atoms with Gasteiger partial charge in [0.1, 0.15) is 11.6 Å². The molecule has 0 bridgehead atoms. The van der Waals surface area contributed by atoms with Crippen molar-refractivity contribution in [2.45, 2.75) is 53.4 Å². The smallest absolute Gasteiger partial charge is 0.155 e. The minimum atomic E-state index is -0.228. The molecule has 0 aliphatic carbocycles. The fourth-order valence-electron chi connectivity index (χ4n) is 3.54. The van der Waals surface area contributed by atoms with E-state index in [-0.39, 0.29) is 5.82 Å². The zero-order chi connectivity index (χ0) is 20.1. The molecule has 1 aromatic rings. The van der Waals surface area contributed by atoms with E-state index in [2.05, 4.69) is 43.8 Å². The summed E-state index contributed by atoms with van der Waals surface area (Å²) in [5.74, 6) is 2.43. The van der Waals surface area contributed by atoms with Crippen LogP contribution in [0.3, 0.4) is 0 Å². The summed E-state index contributed by atoms with van der Waals surface area (Å²) in [4.78, 5) is 7.26. The van der Waals surface area contributed by atoms with Crippen LogP contribution in [0.1, 0.15) is 58.9 Å². The lowest BCUT2D eigenvalue weighted by molar-refractivity contribution is 0.273. The predicted octanol–water partition coefficient (Wildman–Crippen LogP) is 5.54. The molecule has 1 saturated heterocycles. The van der Waals surface area contributed by atoms with Gasteiger partial charge in [-0.05, 0) is 61.9 Å². The van der Waals surface area contributed by atoms with Gasteiger partial charge in [-0.25, -0.2) is 9.38 Å². The Labute approximate surface area is 168 Å². The van der Waals surface area contributed by atoms with E-state index in [9.17, 15) is 4.39 Å². The highest BCUT2D eigenvalue weighted by Crippen LogP contribution is 2.32. The number of hydrogen-bond acceptors (Lipinski definition) is 4. The van der Waals surface area contributed by atoms with E-state index in [0.717, 1.165) is 48.8 Å². The quantitative estimate of drug-likeness (QED) is 0.672. The van der Waals surface area contributed by atoms with E-state index in [4.69, 9.17) is 4.99 Å². The van der Waals surface area contributed by atoms with E-state index in [0.29, 0.717) is 5.92 Å². The topological polar surface area (TPSA) is 31.2 Å². The van der Waals surface area contributed by atoms with Crippen molar-refractivity contribution < 1.29 is 4.39 Å². The third-order valence-electron chi connectivity index (χ3n) is 5.02. The summed E-state index contributed by atoms with van der Waals surface area (Å²) in [5.41, 5.74) is 3.03. The maximum atomic E-state index is 13.3. The third kappa shape index (κ3) is 4.51. The zero-order valence-electron chi connectivity index (χ0n) is 17.5. The molecule has 0 N–H and O–H groups in total. The number of rotatable bonds is 2. The van der Waals surface area contributed by atoms with E-state index >= 15 is 0 Å². The Morgan fingerprint density at radius 3 is 2.54 bits per heavy atom. The minimum absolute atomic E-state index is 0.228. The molecule has 28 heavy (non-hydrogen) atoms. The standard InChI is InChI=1S/C20H23FN4.C3H8/c1-14-9-11-24(13-14)19-12-18(16-5-7-17(21)8-6-16)23-20-15(2)4-3-10-22-25(19)20;1-3-2/h5-8,10,12,14H,3-4,9,11,13H2,1-2H3;3H2,1-2H3. The highest BCUT2D eigenvalue weighted by Gasteiger charge is 2.30. The maximum Gasteiger partial charge on any atom is 0.155 e. The first-order valence-electron chi connectivity index (χ1n) is 10.4. The van der Waals surface area contributed by atoms with Crippen molar-refractivity contribution in [2.75, 3.05) is 13.1 Å². The molecule has 0 amide bonds. The first-order chi connectivity index (χ1) is 13.5. The van der Waals surface area contributed by atoms with Crippen molar-refractivity contribution in [2.24, 2.45) is 16.0 Å². The second-order valence-electron chi connectivity index (χ2n) is 7.81. The molecule has 1 atom stereocenters. The molecule has 3 aliphatic heterocycles. The van der Waals surface area contributed by atoms with Gasteiger partial charge in [-0.15, -0.1) is 0 Å². The molecule has 0 aromatic heterocycles. The Bertz CT molecular complexity index is 804. The Hall–Kier alpha value is -2.43. The molecule has 1 unspecified atom stereocenters. The number of allylic oxidation sites excluding steroid dienone is 2. The number of hydrogen-bond donors (Lipinski definition) is 0. The first kappa shape index (κ1) is 20.3. The summed E-state index contributed by atoms with van der Waals surface area (Å²) in [6.45, 7) is 10.7. The van der Waals surface area contributed by atoms with Crippen LogP contribution in [0.4, 0.5) is 4.39 Å². The summed E-state index contributed by atoms with van der Waals surface area (Å²) < 4.78 is 13.3. The van der Waals surface area contributed by atoms with Gasteiger partial charge in [0.05, 0.1) is 5.71 Å². The molecular formula is C23H31FN4. The highest BCUT2D eigenvalue weighted by atomic mass is 19.1. The Kier molecular flexibility index (Phi) is 6.65. The van der Waals surface area contributed by atoms with Gasteiger partial charge in [-0.1, -0.05) is 27.2 Å². The predicted molar refractivity (Wildman–Crippen MR) is 115 cm³/mol. The van der Waals surface area contributed by atoms with Crippen LogP contribution in [0.2, 0.25) is 0 Å². The zero-order valence-corrected chi connectivity index (χ0v) is 17.5. The molecule has 4 rings (SSSR count). The molecule has 0 saturated carbocycles. The van der Waals surface area contributed by atoms with Crippen molar-refractivity contribution >= 4 is 11.9 Å². The van der Waals surface area contributed by atoms with Crippen LogP contribution in [0.15, 0.2) is 57.7 Å². The van der Waals surface area contributed by atoms with E-state index in [1.165, 1.54) is 30.5 Å². The molecule has 5 heteroatoms. The molecule has 1 fully saturated rings. The van der Waals surface area contributed by atoms with Gasteiger partial charge in [0, 0.05) is 30.9 Å². The van der Waals surface area contributed by atoms with Crippen LogP contribution < -0.4 is 0 Å². The van der Waals surface area contributed by atoms with Gasteiger partial charge >= 0.3 is 0 Å². The molecule has 150 valence electrons. The summed E-state index contributed by atoms with van der Waals surface area (Å²) in [7, 11) is 0. The number of halogens is 1. The van der Waals surface area contributed by atoms with Crippen molar-refractivity contribution in [3.8, 4) is 0 Å². The lowest BCUT2D eigenvalue weighted by Crippen LogP contribution is -2.34. The van der Waals surface area contributed by atoms with Gasteiger partial charge in [0.25, 0.3) is 0 Å². The largest absolute Gasteiger partial charge is 0.356 e. The Morgan fingerprint density at radius 2 is 1.89 bits per heavy atom. The van der Waals surface area contributed by atoms with Crippen LogP contribution in [0.25, 0.3) is 0 Å². The summed E-state index contributed by atoms with van der Waals surface area (Å²) in [5, 5.41) is 6.64. The molecule has 0 radical (unpaired) electrons. The number of nitrogens with zero attached hydrogens (tertiary/aromatic N) is 4. The monoisotopic (exact) mass is 382 g/mol. The van der Waals surface area contributed by atoms with Crippen molar-refractivity contribution in [3.05, 3.63) is 58.9 Å². The highest BCUT2D eigenvalue weighted by molar-refractivity contribution is 6.10. The average molecular weight is 383 g/mol. The van der Waals surface area contributed by atoms with Crippen LogP contribution in [-0.4, -0.2) is 34.9 Å². The number of aliphatic imine (C=N–C) groups is 1. The summed E-state index contributed by atoms with van der Waals surface area (Å²) in [6.07, 6.45) is 8.39. The van der Waals surface area contributed by atoms with Crippen LogP contribution in [0.5, 0.6) is 0 Å².